The quantitative estimate of drug-likeness (QED) is 0.548. The van der Waals surface area contributed by atoms with Crippen molar-refractivity contribution < 1.29 is 9.09 Å². The summed E-state index contributed by atoms with van der Waals surface area (Å²) in [5, 5.41) is 0. The van der Waals surface area contributed by atoms with Gasteiger partial charge in [-0.2, -0.15) is 0 Å². The Labute approximate surface area is 61.0 Å². The van der Waals surface area contributed by atoms with Crippen LogP contribution in [0, 0.1) is 0 Å². The lowest BCUT2D eigenvalue weighted by Crippen LogP contribution is -1.92. The van der Waals surface area contributed by atoms with Crippen LogP contribution in [0.1, 0.15) is 13.3 Å². The zero-order chi connectivity index (χ0) is 7.45. The molecule has 56 valence electrons. The Kier molecular flexibility index (Phi) is 2.47. The Bertz CT molecular complexity index is 206. The van der Waals surface area contributed by atoms with E-state index in [2.05, 4.69) is 0 Å². The fourth-order valence-corrected chi connectivity index (χ4v) is 2.35. The first-order valence-corrected chi connectivity index (χ1v) is 5.09. The fraction of sp³-hybridized carbons (Fsp3) is 0.429. The zero-order valence-electron chi connectivity index (χ0n) is 5.99. The molecule has 0 fully saturated rings. The molecule has 0 aromatic rings. The topological polar surface area (TPSA) is 26.3 Å². The summed E-state index contributed by atoms with van der Waals surface area (Å²) in [6.45, 7) is 2.42. The van der Waals surface area contributed by atoms with E-state index in [9.17, 15) is 4.57 Å². The molecule has 1 unspecified atom stereocenters. The van der Waals surface area contributed by atoms with E-state index in [1.807, 2.05) is 13.0 Å². The highest BCUT2D eigenvalue weighted by molar-refractivity contribution is 7.65. The lowest BCUT2D eigenvalue weighted by atomic mass is 10.5. The average Bonchev–Trinajstić information content (AvgIpc) is 1.89. The van der Waals surface area contributed by atoms with Crippen LogP contribution in [0.5, 0.6) is 0 Å². The van der Waals surface area contributed by atoms with Crippen LogP contribution in [0.4, 0.5) is 0 Å². The van der Waals surface area contributed by atoms with E-state index in [1.54, 1.807) is 17.7 Å². The molecule has 1 aliphatic heterocycles. The van der Waals surface area contributed by atoms with E-state index < -0.39 is 7.37 Å². The molecular formula is C7H11O2P. The molecule has 0 saturated carbocycles. The van der Waals surface area contributed by atoms with Gasteiger partial charge in [0.05, 0.1) is 6.61 Å². The van der Waals surface area contributed by atoms with Gasteiger partial charge >= 0.3 is 0 Å². The molecule has 0 aromatic carbocycles. The third-order valence-corrected chi connectivity index (χ3v) is 3.17. The van der Waals surface area contributed by atoms with E-state index in [0.717, 1.165) is 6.42 Å². The van der Waals surface area contributed by atoms with Gasteiger partial charge in [0.25, 0.3) is 0 Å². The molecule has 0 N–H and O–H groups in total. The minimum Gasteiger partial charge on any atom is -0.323 e. The number of allylic oxidation sites excluding steroid dienone is 1. The SMILES string of the molecule is C/C=C\P1(=O)C=CCCO1. The highest BCUT2D eigenvalue weighted by Crippen LogP contribution is 2.51. The molecule has 0 radical (unpaired) electrons. The van der Waals surface area contributed by atoms with Crippen LogP contribution >= 0.6 is 7.37 Å². The van der Waals surface area contributed by atoms with Crippen molar-refractivity contribution in [2.24, 2.45) is 0 Å². The summed E-state index contributed by atoms with van der Waals surface area (Å²) in [7, 11) is -2.47. The normalized spacial score (nSPS) is 33.3. The summed E-state index contributed by atoms with van der Waals surface area (Å²) in [5.41, 5.74) is 0. The van der Waals surface area contributed by atoms with Gasteiger partial charge in [-0.25, -0.2) is 0 Å². The van der Waals surface area contributed by atoms with Crippen LogP contribution in [-0.2, 0) is 9.09 Å². The molecule has 1 atom stereocenters. The monoisotopic (exact) mass is 158 g/mol. The lowest BCUT2D eigenvalue weighted by Gasteiger charge is -2.13. The fourth-order valence-electron chi connectivity index (χ4n) is 0.828. The molecule has 0 aliphatic carbocycles. The van der Waals surface area contributed by atoms with E-state index >= 15 is 0 Å². The van der Waals surface area contributed by atoms with E-state index in [4.69, 9.17) is 4.52 Å². The van der Waals surface area contributed by atoms with Crippen LogP contribution in [0.25, 0.3) is 0 Å². The van der Waals surface area contributed by atoms with Crippen molar-refractivity contribution in [3.63, 3.8) is 0 Å². The van der Waals surface area contributed by atoms with Crippen LogP contribution < -0.4 is 0 Å². The molecule has 1 aliphatic rings. The molecule has 0 aromatic heterocycles. The highest BCUT2D eigenvalue weighted by Gasteiger charge is 2.16. The van der Waals surface area contributed by atoms with Crippen molar-refractivity contribution in [3.05, 3.63) is 23.8 Å². The van der Waals surface area contributed by atoms with Gasteiger partial charge in [-0.15, -0.1) is 0 Å². The Hall–Kier alpha value is -0.330. The second-order valence-electron chi connectivity index (χ2n) is 2.13. The second-order valence-corrected chi connectivity index (χ2v) is 4.28. The van der Waals surface area contributed by atoms with Gasteiger partial charge < -0.3 is 4.52 Å². The maximum absolute atomic E-state index is 11.4. The van der Waals surface area contributed by atoms with Gasteiger partial charge in [0.1, 0.15) is 0 Å². The molecule has 0 amide bonds. The van der Waals surface area contributed by atoms with Gasteiger partial charge in [0.2, 0.25) is 7.37 Å². The summed E-state index contributed by atoms with van der Waals surface area (Å²) in [5.74, 6) is 3.29. The largest absolute Gasteiger partial charge is 0.323 e. The molecule has 1 heterocycles. The standard InChI is InChI=1S/C7H11O2P/c1-2-6-10(8)7-4-3-5-9-10/h2,4,6-7H,3,5H2,1H3/b6-2-. The maximum atomic E-state index is 11.4. The minimum absolute atomic E-state index is 0.581. The Balaban J connectivity index is 2.76. The van der Waals surface area contributed by atoms with Gasteiger partial charge in [-0.1, -0.05) is 12.2 Å². The first-order chi connectivity index (χ1) is 4.77. The van der Waals surface area contributed by atoms with Crippen molar-refractivity contribution in [1.29, 1.82) is 0 Å². The molecule has 0 bridgehead atoms. The third kappa shape index (κ3) is 1.83. The van der Waals surface area contributed by atoms with Crippen LogP contribution in [0.15, 0.2) is 23.8 Å². The average molecular weight is 158 g/mol. The summed E-state index contributed by atoms with van der Waals surface area (Å²) < 4.78 is 16.5. The molecule has 0 saturated heterocycles. The van der Waals surface area contributed by atoms with Crippen LogP contribution in [-0.4, -0.2) is 6.61 Å². The molecule has 10 heavy (non-hydrogen) atoms. The minimum atomic E-state index is -2.47. The van der Waals surface area contributed by atoms with Crippen LogP contribution in [0.3, 0.4) is 0 Å². The van der Waals surface area contributed by atoms with Gasteiger partial charge in [0, 0.05) is 11.6 Å². The molecular weight excluding hydrogens is 147 g/mol. The third-order valence-electron chi connectivity index (χ3n) is 1.25. The summed E-state index contributed by atoms with van der Waals surface area (Å²) in [6.07, 6.45) is 4.54. The summed E-state index contributed by atoms with van der Waals surface area (Å²) in [6, 6.07) is 0. The highest BCUT2D eigenvalue weighted by atomic mass is 31.2. The first kappa shape index (κ1) is 7.77. The number of rotatable bonds is 1. The van der Waals surface area contributed by atoms with E-state index in [-0.39, 0.29) is 0 Å². The van der Waals surface area contributed by atoms with Crippen LogP contribution in [0.2, 0.25) is 0 Å². The van der Waals surface area contributed by atoms with E-state index in [0.29, 0.717) is 6.61 Å². The van der Waals surface area contributed by atoms with E-state index in [1.165, 1.54) is 0 Å². The zero-order valence-corrected chi connectivity index (χ0v) is 6.88. The van der Waals surface area contributed by atoms with Crippen molar-refractivity contribution in [1.82, 2.24) is 0 Å². The number of hydrogen-bond acceptors (Lipinski definition) is 2. The summed E-state index contributed by atoms with van der Waals surface area (Å²) >= 11 is 0. The molecule has 0 spiro atoms. The van der Waals surface area contributed by atoms with Crippen molar-refractivity contribution in [2.75, 3.05) is 6.61 Å². The second kappa shape index (κ2) is 3.18. The first-order valence-electron chi connectivity index (χ1n) is 3.32. The van der Waals surface area contributed by atoms with Crippen molar-refractivity contribution >= 4 is 7.37 Å². The molecule has 3 heteroatoms. The Morgan fingerprint density at radius 3 is 3.00 bits per heavy atom. The maximum Gasteiger partial charge on any atom is 0.246 e. The van der Waals surface area contributed by atoms with Gasteiger partial charge in [0.15, 0.2) is 0 Å². The predicted octanol–water partition coefficient (Wildman–Crippen LogP) is 2.73. The predicted molar refractivity (Wildman–Crippen MR) is 42.1 cm³/mol. The van der Waals surface area contributed by atoms with Gasteiger partial charge in [-0.05, 0) is 13.3 Å². The van der Waals surface area contributed by atoms with Gasteiger partial charge in [-0.3, -0.25) is 4.57 Å². The molecule has 2 nitrogen and oxygen atoms in total. The number of hydrogen-bond donors (Lipinski definition) is 0. The van der Waals surface area contributed by atoms with Crippen molar-refractivity contribution in [3.8, 4) is 0 Å². The lowest BCUT2D eigenvalue weighted by molar-refractivity contribution is 0.326. The summed E-state index contributed by atoms with van der Waals surface area (Å²) in [4.78, 5) is 0. The smallest absolute Gasteiger partial charge is 0.246 e. The Morgan fingerprint density at radius 2 is 2.50 bits per heavy atom. The molecule has 1 rings (SSSR count). The van der Waals surface area contributed by atoms with Crippen molar-refractivity contribution in [2.45, 2.75) is 13.3 Å². The Morgan fingerprint density at radius 1 is 1.70 bits per heavy atom.